The summed E-state index contributed by atoms with van der Waals surface area (Å²) in [6, 6.07) is 40.0. The summed E-state index contributed by atoms with van der Waals surface area (Å²) in [4.78, 5) is 19.5. The van der Waals surface area contributed by atoms with E-state index in [9.17, 15) is 4.79 Å². The molecule has 1 amide bonds. The SMILES string of the molecule is O=C(Nc1nc(-c2ccccc2)c(-c2ccccc2)s1)C(c1ccccc1)c1ccccc1. The smallest absolute Gasteiger partial charge is 0.238 e. The predicted octanol–water partition coefficient (Wildman–Crippen LogP) is 7.25. The Morgan fingerprint density at radius 2 is 1.09 bits per heavy atom. The molecule has 0 atom stereocenters. The topological polar surface area (TPSA) is 42.0 Å². The fraction of sp³-hybridized carbons (Fsp3) is 0.0345. The maximum absolute atomic E-state index is 13.6. The fourth-order valence-corrected chi connectivity index (χ4v) is 4.91. The number of carbonyl (C=O) groups excluding carboxylic acids is 1. The van der Waals surface area contributed by atoms with Gasteiger partial charge in [0.2, 0.25) is 5.91 Å². The molecule has 1 heterocycles. The zero-order chi connectivity index (χ0) is 22.5. The van der Waals surface area contributed by atoms with Gasteiger partial charge in [-0.1, -0.05) is 133 Å². The van der Waals surface area contributed by atoms with Crippen molar-refractivity contribution in [2.75, 3.05) is 5.32 Å². The van der Waals surface area contributed by atoms with Gasteiger partial charge >= 0.3 is 0 Å². The highest BCUT2D eigenvalue weighted by Crippen LogP contribution is 2.39. The standard InChI is InChI=1S/C29H22N2OS/c32-28(25(21-13-5-1-6-14-21)22-15-7-2-8-16-22)31-29-30-26(23-17-9-3-10-18-23)27(33-29)24-19-11-4-12-20-24/h1-20,25H,(H,30,31,32). The minimum atomic E-state index is -0.420. The monoisotopic (exact) mass is 446 g/mol. The fourth-order valence-electron chi connectivity index (χ4n) is 3.91. The number of benzene rings is 4. The van der Waals surface area contributed by atoms with Crippen molar-refractivity contribution in [2.24, 2.45) is 0 Å². The number of aromatic nitrogens is 1. The van der Waals surface area contributed by atoms with Gasteiger partial charge in [0.15, 0.2) is 5.13 Å². The number of hydrogen-bond donors (Lipinski definition) is 1. The highest BCUT2D eigenvalue weighted by molar-refractivity contribution is 7.19. The molecule has 0 aliphatic carbocycles. The van der Waals surface area contributed by atoms with Crippen LogP contribution in [0.5, 0.6) is 0 Å². The lowest BCUT2D eigenvalue weighted by Gasteiger charge is -2.17. The molecule has 5 aromatic rings. The van der Waals surface area contributed by atoms with Crippen LogP contribution in [0.15, 0.2) is 121 Å². The van der Waals surface area contributed by atoms with Crippen LogP contribution in [0.4, 0.5) is 5.13 Å². The molecule has 33 heavy (non-hydrogen) atoms. The number of anilines is 1. The Kier molecular flexibility index (Phi) is 6.09. The van der Waals surface area contributed by atoms with Crippen LogP contribution in [-0.4, -0.2) is 10.9 Å². The second-order valence-electron chi connectivity index (χ2n) is 7.67. The Morgan fingerprint density at radius 1 is 0.636 bits per heavy atom. The number of carbonyl (C=O) groups is 1. The highest BCUT2D eigenvalue weighted by atomic mass is 32.1. The Balaban J connectivity index is 1.53. The Morgan fingerprint density at radius 3 is 1.61 bits per heavy atom. The molecule has 1 N–H and O–H groups in total. The number of thiazole rings is 1. The quantitative estimate of drug-likeness (QED) is 0.298. The lowest BCUT2D eigenvalue weighted by Crippen LogP contribution is -2.22. The van der Waals surface area contributed by atoms with E-state index in [1.54, 1.807) is 0 Å². The third-order valence-corrected chi connectivity index (χ3v) is 6.49. The second-order valence-corrected chi connectivity index (χ2v) is 8.67. The Labute approximate surface area is 197 Å². The molecule has 0 bridgehead atoms. The minimum absolute atomic E-state index is 0.0969. The van der Waals surface area contributed by atoms with Gasteiger partial charge in [0.25, 0.3) is 0 Å². The van der Waals surface area contributed by atoms with Crippen LogP contribution >= 0.6 is 11.3 Å². The van der Waals surface area contributed by atoms with E-state index in [1.165, 1.54) is 11.3 Å². The normalized spacial score (nSPS) is 10.8. The number of nitrogens with zero attached hydrogens (tertiary/aromatic N) is 1. The Bertz CT molecular complexity index is 1240. The van der Waals surface area contributed by atoms with Crippen LogP contribution < -0.4 is 5.32 Å². The van der Waals surface area contributed by atoms with Gasteiger partial charge in [-0.2, -0.15) is 0 Å². The first-order valence-corrected chi connectivity index (χ1v) is 11.6. The summed E-state index contributed by atoms with van der Waals surface area (Å²) in [5.41, 5.74) is 4.87. The number of nitrogens with one attached hydrogen (secondary N) is 1. The molecule has 0 aliphatic heterocycles. The lowest BCUT2D eigenvalue weighted by molar-refractivity contribution is -0.116. The maximum Gasteiger partial charge on any atom is 0.238 e. The van der Waals surface area contributed by atoms with Gasteiger partial charge in [-0.25, -0.2) is 4.98 Å². The minimum Gasteiger partial charge on any atom is -0.301 e. The first kappa shape index (κ1) is 20.9. The zero-order valence-corrected chi connectivity index (χ0v) is 18.7. The summed E-state index contributed by atoms with van der Waals surface area (Å²) in [5, 5.41) is 3.70. The van der Waals surface area contributed by atoms with Crippen molar-refractivity contribution in [3.8, 4) is 21.7 Å². The molecule has 0 spiro atoms. The zero-order valence-electron chi connectivity index (χ0n) is 17.9. The van der Waals surface area contributed by atoms with Crippen LogP contribution in [0.25, 0.3) is 21.7 Å². The summed E-state index contributed by atoms with van der Waals surface area (Å²) in [6.07, 6.45) is 0. The molecule has 0 saturated heterocycles. The van der Waals surface area contributed by atoms with Crippen molar-refractivity contribution in [3.63, 3.8) is 0 Å². The summed E-state index contributed by atoms with van der Waals surface area (Å²) in [7, 11) is 0. The second kappa shape index (κ2) is 9.63. The van der Waals surface area contributed by atoms with E-state index >= 15 is 0 Å². The van der Waals surface area contributed by atoms with E-state index in [1.807, 2.05) is 109 Å². The molecule has 0 fully saturated rings. The van der Waals surface area contributed by atoms with Crippen LogP contribution in [0.2, 0.25) is 0 Å². The molecule has 0 saturated carbocycles. The van der Waals surface area contributed by atoms with Crippen molar-refractivity contribution in [1.82, 2.24) is 4.98 Å². The summed E-state index contributed by atoms with van der Waals surface area (Å²) in [6.45, 7) is 0. The predicted molar refractivity (Wildman–Crippen MR) is 136 cm³/mol. The van der Waals surface area contributed by atoms with Gasteiger partial charge in [-0.3, -0.25) is 4.79 Å². The summed E-state index contributed by atoms with van der Waals surface area (Å²) >= 11 is 1.50. The van der Waals surface area contributed by atoms with E-state index in [4.69, 9.17) is 4.98 Å². The van der Waals surface area contributed by atoms with Gasteiger partial charge in [-0.15, -0.1) is 0 Å². The molecular formula is C29H22N2OS. The van der Waals surface area contributed by atoms with E-state index in [0.717, 1.165) is 32.8 Å². The maximum atomic E-state index is 13.6. The van der Waals surface area contributed by atoms with Crippen molar-refractivity contribution < 1.29 is 4.79 Å². The van der Waals surface area contributed by atoms with Crippen molar-refractivity contribution in [2.45, 2.75) is 5.92 Å². The van der Waals surface area contributed by atoms with Gasteiger partial charge in [0.05, 0.1) is 16.5 Å². The molecule has 4 aromatic carbocycles. The highest BCUT2D eigenvalue weighted by Gasteiger charge is 2.24. The molecule has 0 radical (unpaired) electrons. The third kappa shape index (κ3) is 4.61. The number of amides is 1. The molecule has 0 aliphatic rings. The van der Waals surface area contributed by atoms with E-state index in [0.29, 0.717) is 5.13 Å². The van der Waals surface area contributed by atoms with Crippen molar-refractivity contribution >= 4 is 22.4 Å². The van der Waals surface area contributed by atoms with E-state index in [2.05, 4.69) is 17.4 Å². The molecule has 0 unspecified atom stereocenters. The van der Waals surface area contributed by atoms with Crippen LogP contribution in [0, 0.1) is 0 Å². The molecule has 5 rings (SSSR count). The van der Waals surface area contributed by atoms with Gasteiger partial charge < -0.3 is 5.32 Å². The molecular weight excluding hydrogens is 424 g/mol. The van der Waals surface area contributed by atoms with Gasteiger partial charge in [0, 0.05) is 5.56 Å². The van der Waals surface area contributed by atoms with Crippen molar-refractivity contribution in [3.05, 3.63) is 132 Å². The average molecular weight is 447 g/mol. The average Bonchev–Trinajstić information content (AvgIpc) is 3.30. The first-order valence-electron chi connectivity index (χ1n) is 10.8. The van der Waals surface area contributed by atoms with Gasteiger partial charge in [-0.05, 0) is 16.7 Å². The summed E-state index contributed by atoms with van der Waals surface area (Å²) in [5.74, 6) is -0.517. The first-order chi connectivity index (χ1) is 16.3. The van der Waals surface area contributed by atoms with Crippen LogP contribution in [0.3, 0.4) is 0 Å². The van der Waals surface area contributed by atoms with Gasteiger partial charge in [0.1, 0.15) is 0 Å². The third-order valence-electron chi connectivity index (χ3n) is 5.47. The van der Waals surface area contributed by atoms with E-state index < -0.39 is 5.92 Å². The van der Waals surface area contributed by atoms with Crippen molar-refractivity contribution in [1.29, 1.82) is 0 Å². The largest absolute Gasteiger partial charge is 0.301 e. The molecule has 160 valence electrons. The number of rotatable bonds is 6. The van der Waals surface area contributed by atoms with E-state index in [-0.39, 0.29) is 5.91 Å². The van der Waals surface area contributed by atoms with Crippen LogP contribution in [-0.2, 0) is 4.79 Å². The summed E-state index contributed by atoms with van der Waals surface area (Å²) < 4.78 is 0. The lowest BCUT2D eigenvalue weighted by atomic mass is 9.90. The molecule has 3 nitrogen and oxygen atoms in total. The number of hydrogen-bond acceptors (Lipinski definition) is 3. The molecule has 1 aromatic heterocycles. The Hall–Kier alpha value is -4.02. The van der Waals surface area contributed by atoms with Crippen LogP contribution in [0.1, 0.15) is 17.0 Å². The molecule has 4 heteroatoms.